The van der Waals surface area contributed by atoms with Gasteiger partial charge in [-0.1, -0.05) is 18.2 Å². The molecule has 2 N–H and O–H groups in total. The fourth-order valence-electron chi connectivity index (χ4n) is 3.11. The second kappa shape index (κ2) is 11.8. The van der Waals surface area contributed by atoms with Gasteiger partial charge >= 0.3 is 0 Å². The molecule has 0 saturated carbocycles. The number of nitrogens with one attached hydrogen (secondary N) is 2. The number of aryl methyl sites for hydroxylation is 2. The first kappa shape index (κ1) is 21.6. The Hall–Kier alpha value is -3.06. The van der Waals surface area contributed by atoms with Crippen LogP contribution in [0.15, 0.2) is 64.3 Å². The van der Waals surface area contributed by atoms with E-state index in [2.05, 4.69) is 46.0 Å². The highest BCUT2D eigenvalue weighted by Crippen LogP contribution is 2.13. The molecule has 30 heavy (non-hydrogen) atoms. The molecule has 7 nitrogen and oxygen atoms in total. The van der Waals surface area contributed by atoms with Gasteiger partial charge in [-0.15, -0.1) is 0 Å². The van der Waals surface area contributed by atoms with E-state index in [1.165, 1.54) is 5.56 Å². The fraction of sp³-hybridized carbons (Fsp3) is 0.391. The molecule has 1 aromatic carbocycles. The van der Waals surface area contributed by atoms with Gasteiger partial charge in [0, 0.05) is 32.9 Å². The minimum Gasteiger partial charge on any atom is -0.467 e. The largest absolute Gasteiger partial charge is 0.467 e. The third-order valence-corrected chi connectivity index (χ3v) is 4.74. The van der Waals surface area contributed by atoms with Gasteiger partial charge in [0.25, 0.3) is 0 Å². The summed E-state index contributed by atoms with van der Waals surface area (Å²) in [6, 6.07) is 14.0. The lowest BCUT2D eigenvalue weighted by molar-refractivity contribution is 0.105. The average Bonchev–Trinajstić information content (AvgIpc) is 3.42. The first-order valence-corrected chi connectivity index (χ1v) is 10.4. The summed E-state index contributed by atoms with van der Waals surface area (Å²) in [7, 11) is 1.79. The van der Waals surface area contributed by atoms with E-state index < -0.39 is 0 Å². The van der Waals surface area contributed by atoms with Crippen molar-refractivity contribution in [2.24, 2.45) is 4.99 Å². The topological polar surface area (TPSA) is 76.6 Å². The quantitative estimate of drug-likeness (QED) is 0.288. The highest BCUT2D eigenvalue weighted by Gasteiger charge is 2.06. The number of benzene rings is 1. The first-order chi connectivity index (χ1) is 14.8. The summed E-state index contributed by atoms with van der Waals surface area (Å²) in [5.41, 5.74) is 3.44. The molecule has 0 amide bonds. The summed E-state index contributed by atoms with van der Waals surface area (Å²) in [5.74, 6) is 1.67. The normalized spacial score (nSPS) is 11.6. The standard InChI is InChI=1S/C23H31N5O2/c1-19-20(17-28(27-19)21-10-4-3-5-11-21)9-6-13-25-23(24-2)26-14-8-15-29-18-22-12-7-16-30-22/h3-5,7,10-12,16-17H,6,8-9,13-15,18H2,1-2H3,(H2,24,25,26). The minimum absolute atomic E-state index is 0.514. The zero-order valence-corrected chi connectivity index (χ0v) is 17.8. The minimum atomic E-state index is 0.514. The summed E-state index contributed by atoms with van der Waals surface area (Å²) in [6.07, 6.45) is 6.67. The third kappa shape index (κ3) is 6.77. The van der Waals surface area contributed by atoms with Gasteiger partial charge in [-0.05, 0) is 56.0 Å². The van der Waals surface area contributed by atoms with Crippen molar-refractivity contribution in [3.05, 3.63) is 71.9 Å². The lowest BCUT2D eigenvalue weighted by atomic mass is 10.1. The highest BCUT2D eigenvalue weighted by atomic mass is 16.5. The van der Waals surface area contributed by atoms with Gasteiger partial charge in [0.05, 0.1) is 17.6 Å². The van der Waals surface area contributed by atoms with Crippen molar-refractivity contribution in [3.8, 4) is 5.69 Å². The summed E-state index contributed by atoms with van der Waals surface area (Å²) in [5, 5.41) is 11.3. The van der Waals surface area contributed by atoms with E-state index in [9.17, 15) is 0 Å². The number of nitrogens with zero attached hydrogens (tertiary/aromatic N) is 3. The second-order valence-electron chi connectivity index (χ2n) is 7.03. The van der Waals surface area contributed by atoms with Gasteiger partial charge in [-0.3, -0.25) is 4.99 Å². The van der Waals surface area contributed by atoms with Crippen molar-refractivity contribution >= 4 is 5.96 Å². The molecule has 0 aliphatic heterocycles. The fourth-order valence-corrected chi connectivity index (χ4v) is 3.11. The molecule has 160 valence electrons. The smallest absolute Gasteiger partial charge is 0.190 e. The zero-order valence-electron chi connectivity index (χ0n) is 17.8. The van der Waals surface area contributed by atoms with Crippen molar-refractivity contribution < 1.29 is 9.15 Å². The molecule has 0 radical (unpaired) electrons. The maximum absolute atomic E-state index is 5.58. The molecule has 0 atom stereocenters. The molecular weight excluding hydrogens is 378 g/mol. The van der Waals surface area contributed by atoms with E-state index in [4.69, 9.17) is 9.15 Å². The molecule has 0 unspecified atom stereocenters. The molecule has 2 heterocycles. The van der Waals surface area contributed by atoms with Crippen LogP contribution in [-0.4, -0.2) is 42.5 Å². The Bertz CT molecular complexity index is 888. The number of hydrogen-bond donors (Lipinski definition) is 2. The van der Waals surface area contributed by atoms with Crippen LogP contribution in [0.2, 0.25) is 0 Å². The van der Waals surface area contributed by atoms with E-state index in [0.29, 0.717) is 13.2 Å². The van der Waals surface area contributed by atoms with Crippen molar-refractivity contribution in [2.75, 3.05) is 26.7 Å². The van der Waals surface area contributed by atoms with Crippen LogP contribution in [0.3, 0.4) is 0 Å². The number of aromatic nitrogens is 2. The Morgan fingerprint density at radius 2 is 1.90 bits per heavy atom. The Balaban J connectivity index is 1.30. The Kier molecular flexibility index (Phi) is 8.53. The van der Waals surface area contributed by atoms with E-state index in [1.807, 2.05) is 35.0 Å². The SMILES string of the molecule is CN=C(NCCCOCc1ccco1)NCCCc1cn(-c2ccccc2)nc1C. The summed E-state index contributed by atoms with van der Waals surface area (Å²) in [6.45, 7) is 4.91. The third-order valence-electron chi connectivity index (χ3n) is 4.74. The van der Waals surface area contributed by atoms with Crippen molar-refractivity contribution in [2.45, 2.75) is 32.8 Å². The molecule has 0 aliphatic carbocycles. The molecule has 0 aliphatic rings. The van der Waals surface area contributed by atoms with Gasteiger partial charge in [-0.2, -0.15) is 5.10 Å². The predicted octanol–water partition coefficient (Wildman–Crippen LogP) is 3.48. The maximum Gasteiger partial charge on any atom is 0.190 e. The van der Waals surface area contributed by atoms with Gasteiger partial charge in [-0.25, -0.2) is 4.68 Å². The molecule has 0 saturated heterocycles. The van der Waals surface area contributed by atoms with Crippen LogP contribution < -0.4 is 10.6 Å². The van der Waals surface area contributed by atoms with E-state index in [0.717, 1.165) is 55.5 Å². The molecule has 0 bridgehead atoms. The molecule has 3 aromatic rings. The molecule has 2 aromatic heterocycles. The maximum atomic E-state index is 5.58. The molecule has 3 rings (SSSR count). The van der Waals surface area contributed by atoms with Gasteiger partial charge < -0.3 is 19.8 Å². The number of ether oxygens (including phenoxy) is 1. The summed E-state index contributed by atoms with van der Waals surface area (Å²) < 4.78 is 12.8. The Labute approximate surface area is 178 Å². The van der Waals surface area contributed by atoms with Crippen molar-refractivity contribution in [1.82, 2.24) is 20.4 Å². The van der Waals surface area contributed by atoms with Crippen LogP contribution in [0.1, 0.15) is 29.9 Å². The number of hydrogen-bond acceptors (Lipinski definition) is 4. The number of aliphatic imine (C=N–C) groups is 1. The first-order valence-electron chi connectivity index (χ1n) is 10.4. The van der Waals surface area contributed by atoms with Crippen molar-refractivity contribution in [1.29, 1.82) is 0 Å². The zero-order chi connectivity index (χ0) is 21.0. The van der Waals surface area contributed by atoms with E-state index >= 15 is 0 Å². The number of guanidine groups is 1. The van der Waals surface area contributed by atoms with Crippen LogP contribution >= 0.6 is 0 Å². The van der Waals surface area contributed by atoms with Crippen LogP contribution in [0.25, 0.3) is 5.69 Å². The summed E-state index contributed by atoms with van der Waals surface area (Å²) in [4.78, 5) is 4.27. The van der Waals surface area contributed by atoms with Crippen molar-refractivity contribution in [3.63, 3.8) is 0 Å². The van der Waals surface area contributed by atoms with E-state index in [-0.39, 0.29) is 0 Å². The number of para-hydroxylation sites is 1. The molecule has 0 spiro atoms. The molecule has 0 fully saturated rings. The lowest BCUT2D eigenvalue weighted by Crippen LogP contribution is -2.38. The van der Waals surface area contributed by atoms with Gasteiger partial charge in [0.15, 0.2) is 5.96 Å². The predicted molar refractivity (Wildman–Crippen MR) is 119 cm³/mol. The molecular formula is C23H31N5O2. The second-order valence-corrected chi connectivity index (χ2v) is 7.03. The summed E-state index contributed by atoms with van der Waals surface area (Å²) >= 11 is 0. The Morgan fingerprint density at radius 3 is 2.63 bits per heavy atom. The highest BCUT2D eigenvalue weighted by molar-refractivity contribution is 5.79. The van der Waals surface area contributed by atoms with Crippen LogP contribution in [0.5, 0.6) is 0 Å². The van der Waals surface area contributed by atoms with Crippen LogP contribution in [0, 0.1) is 6.92 Å². The molecule has 7 heteroatoms. The van der Waals surface area contributed by atoms with E-state index in [1.54, 1.807) is 13.3 Å². The number of rotatable bonds is 11. The van der Waals surface area contributed by atoms with Crippen LogP contribution in [0.4, 0.5) is 0 Å². The average molecular weight is 410 g/mol. The monoisotopic (exact) mass is 409 g/mol. The van der Waals surface area contributed by atoms with Gasteiger partial charge in [0.1, 0.15) is 12.4 Å². The number of furan rings is 1. The van der Waals surface area contributed by atoms with Crippen LogP contribution in [-0.2, 0) is 17.8 Å². The lowest BCUT2D eigenvalue weighted by Gasteiger charge is -2.11. The Morgan fingerprint density at radius 1 is 1.10 bits per heavy atom. The van der Waals surface area contributed by atoms with Gasteiger partial charge in [0.2, 0.25) is 0 Å².